The highest BCUT2D eigenvalue weighted by Crippen LogP contribution is 2.22. The number of aryl methyl sites for hydroxylation is 2. The Kier molecular flexibility index (Phi) is 5.02. The van der Waals surface area contributed by atoms with Crippen molar-refractivity contribution in [2.45, 2.75) is 45.1 Å². The second kappa shape index (κ2) is 6.55. The SMILES string of the molecule is CCc1cc(C(=O)N2CCCCC2CCBr)n(C)n1. The Morgan fingerprint density at radius 1 is 1.53 bits per heavy atom. The number of likely N-dealkylation sites (tertiary alicyclic amines) is 1. The molecule has 1 atom stereocenters. The summed E-state index contributed by atoms with van der Waals surface area (Å²) in [5, 5.41) is 5.33. The van der Waals surface area contributed by atoms with Crippen molar-refractivity contribution >= 4 is 21.8 Å². The molecule has 106 valence electrons. The van der Waals surface area contributed by atoms with Crippen LogP contribution in [0.1, 0.15) is 48.8 Å². The maximum atomic E-state index is 12.7. The Hall–Kier alpha value is -0.840. The van der Waals surface area contributed by atoms with Gasteiger partial charge in [0, 0.05) is 25.0 Å². The molecule has 5 heteroatoms. The summed E-state index contributed by atoms with van der Waals surface area (Å²) in [6.45, 7) is 2.94. The van der Waals surface area contributed by atoms with Crippen LogP contribution in [0.2, 0.25) is 0 Å². The van der Waals surface area contributed by atoms with E-state index in [2.05, 4.69) is 28.0 Å². The lowest BCUT2D eigenvalue weighted by atomic mass is 9.99. The lowest BCUT2D eigenvalue weighted by Gasteiger charge is -2.35. The summed E-state index contributed by atoms with van der Waals surface area (Å²) in [5.41, 5.74) is 1.71. The molecule has 1 saturated heterocycles. The molecule has 1 fully saturated rings. The third kappa shape index (κ3) is 3.19. The molecule has 0 N–H and O–H groups in total. The number of halogens is 1. The summed E-state index contributed by atoms with van der Waals surface area (Å²) in [6, 6.07) is 2.31. The Labute approximate surface area is 123 Å². The van der Waals surface area contributed by atoms with Gasteiger partial charge in [0.05, 0.1) is 5.69 Å². The van der Waals surface area contributed by atoms with Gasteiger partial charge >= 0.3 is 0 Å². The van der Waals surface area contributed by atoms with Gasteiger partial charge in [-0.15, -0.1) is 0 Å². The minimum Gasteiger partial charge on any atom is -0.334 e. The Morgan fingerprint density at radius 3 is 2.95 bits per heavy atom. The summed E-state index contributed by atoms with van der Waals surface area (Å²) in [6.07, 6.45) is 5.36. The van der Waals surface area contributed by atoms with E-state index >= 15 is 0 Å². The first kappa shape index (κ1) is 14.6. The van der Waals surface area contributed by atoms with Crippen molar-refractivity contribution in [1.82, 2.24) is 14.7 Å². The number of hydrogen-bond acceptors (Lipinski definition) is 2. The average Bonchev–Trinajstić information content (AvgIpc) is 2.80. The largest absolute Gasteiger partial charge is 0.334 e. The van der Waals surface area contributed by atoms with Gasteiger partial charge in [-0.25, -0.2) is 0 Å². The number of carbonyl (C=O) groups excluding carboxylic acids is 1. The van der Waals surface area contributed by atoms with Gasteiger partial charge in [-0.05, 0) is 38.2 Å². The Morgan fingerprint density at radius 2 is 2.32 bits per heavy atom. The number of hydrogen-bond donors (Lipinski definition) is 0. The van der Waals surface area contributed by atoms with Crippen LogP contribution >= 0.6 is 15.9 Å². The second-order valence-corrected chi connectivity index (χ2v) is 5.92. The van der Waals surface area contributed by atoms with Gasteiger partial charge in [0.1, 0.15) is 5.69 Å². The van der Waals surface area contributed by atoms with Crippen molar-refractivity contribution in [2.75, 3.05) is 11.9 Å². The number of piperidine rings is 1. The zero-order valence-corrected chi connectivity index (χ0v) is 13.3. The molecule has 0 saturated carbocycles. The highest BCUT2D eigenvalue weighted by atomic mass is 79.9. The number of carbonyl (C=O) groups is 1. The van der Waals surface area contributed by atoms with Crippen LogP contribution in [0.4, 0.5) is 0 Å². The van der Waals surface area contributed by atoms with Crippen LogP contribution in [-0.2, 0) is 13.5 Å². The first-order chi connectivity index (χ1) is 9.17. The van der Waals surface area contributed by atoms with Crippen molar-refractivity contribution in [2.24, 2.45) is 7.05 Å². The number of amides is 1. The zero-order valence-electron chi connectivity index (χ0n) is 11.7. The molecule has 0 aromatic carbocycles. The molecule has 1 amide bonds. The molecular formula is C14H22BrN3O. The summed E-state index contributed by atoms with van der Waals surface area (Å²) < 4.78 is 1.72. The number of nitrogens with zero attached hydrogens (tertiary/aromatic N) is 3. The van der Waals surface area contributed by atoms with Gasteiger partial charge < -0.3 is 4.90 Å². The predicted octanol–water partition coefficient (Wildman–Crippen LogP) is 2.76. The molecule has 1 aliphatic heterocycles. The summed E-state index contributed by atoms with van der Waals surface area (Å²) in [4.78, 5) is 14.7. The van der Waals surface area contributed by atoms with Crippen molar-refractivity contribution in [1.29, 1.82) is 0 Å². The molecule has 1 aliphatic rings. The van der Waals surface area contributed by atoms with Crippen LogP contribution in [0.25, 0.3) is 0 Å². The highest BCUT2D eigenvalue weighted by Gasteiger charge is 2.28. The zero-order chi connectivity index (χ0) is 13.8. The quantitative estimate of drug-likeness (QED) is 0.797. The number of rotatable bonds is 4. The van der Waals surface area contributed by atoms with E-state index < -0.39 is 0 Å². The molecule has 2 heterocycles. The van der Waals surface area contributed by atoms with Crippen molar-refractivity contribution in [3.8, 4) is 0 Å². The van der Waals surface area contributed by atoms with E-state index in [-0.39, 0.29) is 5.91 Å². The van der Waals surface area contributed by atoms with Gasteiger partial charge in [0.25, 0.3) is 5.91 Å². The van der Waals surface area contributed by atoms with Crippen LogP contribution in [0.3, 0.4) is 0 Å². The smallest absolute Gasteiger partial charge is 0.272 e. The third-order valence-corrected chi connectivity index (χ3v) is 4.30. The van der Waals surface area contributed by atoms with Crippen LogP contribution in [0.15, 0.2) is 6.07 Å². The minimum atomic E-state index is 0.139. The average molecular weight is 328 g/mol. The molecule has 0 radical (unpaired) electrons. The van der Waals surface area contributed by atoms with Crippen LogP contribution in [0.5, 0.6) is 0 Å². The first-order valence-electron chi connectivity index (χ1n) is 7.07. The van der Waals surface area contributed by atoms with E-state index in [0.29, 0.717) is 6.04 Å². The molecular weight excluding hydrogens is 306 g/mol. The molecule has 0 aliphatic carbocycles. The summed E-state index contributed by atoms with van der Waals surface area (Å²) >= 11 is 3.49. The summed E-state index contributed by atoms with van der Waals surface area (Å²) in [7, 11) is 1.86. The van der Waals surface area contributed by atoms with Gasteiger partial charge in [-0.3, -0.25) is 9.48 Å². The molecule has 19 heavy (non-hydrogen) atoms. The minimum absolute atomic E-state index is 0.139. The van der Waals surface area contributed by atoms with E-state index in [1.54, 1.807) is 4.68 Å². The molecule has 1 aromatic rings. The molecule has 0 spiro atoms. The van der Waals surface area contributed by atoms with E-state index in [1.807, 2.05) is 18.0 Å². The van der Waals surface area contributed by atoms with Crippen LogP contribution in [0, 0.1) is 0 Å². The van der Waals surface area contributed by atoms with Crippen molar-refractivity contribution < 1.29 is 4.79 Å². The fraction of sp³-hybridized carbons (Fsp3) is 0.714. The molecule has 1 aromatic heterocycles. The van der Waals surface area contributed by atoms with Gasteiger partial charge in [0.15, 0.2) is 0 Å². The molecule has 1 unspecified atom stereocenters. The van der Waals surface area contributed by atoms with E-state index in [4.69, 9.17) is 0 Å². The van der Waals surface area contributed by atoms with E-state index in [0.717, 1.165) is 48.9 Å². The highest BCUT2D eigenvalue weighted by molar-refractivity contribution is 9.09. The maximum Gasteiger partial charge on any atom is 0.272 e. The molecule has 2 rings (SSSR count). The third-order valence-electron chi connectivity index (χ3n) is 3.84. The predicted molar refractivity (Wildman–Crippen MR) is 79.7 cm³/mol. The van der Waals surface area contributed by atoms with Gasteiger partial charge in [0.2, 0.25) is 0 Å². The fourth-order valence-corrected chi connectivity index (χ4v) is 3.27. The Balaban J connectivity index is 2.18. The van der Waals surface area contributed by atoms with E-state index in [9.17, 15) is 4.79 Å². The van der Waals surface area contributed by atoms with Gasteiger partial charge in [-0.1, -0.05) is 22.9 Å². The summed E-state index contributed by atoms with van der Waals surface area (Å²) in [5.74, 6) is 0.139. The second-order valence-electron chi connectivity index (χ2n) is 5.12. The van der Waals surface area contributed by atoms with Crippen molar-refractivity contribution in [3.05, 3.63) is 17.5 Å². The topological polar surface area (TPSA) is 38.1 Å². The van der Waals surface area contributed by atoms with E-state index in [1.165, 1.54) is 6.42 Å². The first-order valence-corrected chi connectivity index (χ1v) is 8.19. The van der Waals surface area contributed by atoms with Crippen LogP contribution in [-0.4, -0.2) is 38.5 Å². The lowest BCUT2D eigenvalue weighted by molar-refractivity contribution is 0.0598. The maximum absolute atomic E-state index is 12.7. The fourth-order valence-electron chi connectivity index (χ4n) is 2.74. The number of aromatic nitrogens is 2. The monoisotopic (exact) mass is 327 g/mol. The molecule has 4 nitrogen and oxygen atoms in total. The molecule has 0 bridgehead atoms. The standard InChI is InChI=1S/C14H22BrN3O/c1-3-11-10-13(17(2)16-11)14(19)18-9-5-4-6-12(18)7-8-15/h10,12H,3-9H2,1-2H3. The normalized spacial score (nSPS) is 19.7. The van der Waals surface area contributed by atoms with Gasteiger partial charge in [-0.2, -0.15) is 5.10 Å². The number of alkyl halides is 1. The Bertz CT molecular complexity index is 442. The lowest BCUT2D eigenvalue weighted by Crippen LogP contribution is -2.44. The van der Waals surface area contributed by atoms with Crippen molar-refractivity contribution in [3.63, 3.8) is 0 Å². The van der Waals surface area contributed by atoms with Crippen LogP contribution < -0.4 is 0 Å².